The standard InChI is InChI=1S/C12H11BrF2O2/c1-6-2-3-11(17-6)12(16)7-4-10(15)8(13)5-9(7)14/h4-6,11H,2-3H2,1H3. The first-order valence-electron chi connectivity index (χ1n) is 5.33. The maximum atomic E-state index is 13.6. The van der Waals surface area contributed by atoms with Crippen LogP contribution >= 0.6 is 15.9 Å². The first-order valence-corrected chi connectivity index (χ1v) is 6.12. The lowest BCUT2D eigenvalue weighted by Gasteiger charge is -2.11. The molecule has 2 nitrogen and oxygen atoms in total. The summed E-state index contributed by atoms with van der Waals surface area (Å²) in [5.74, 6) is -1.87. The average molecular weight is 305 g/mol. The molecule has 2 atom stereocenters. The molecule has 1 aromatic rings. The van der Waals surface area contributed by atoms with Crippen LogP contribution in [0.1, 0.15) is 30.1 Å². The van der Waals surface area contributed by atoms with Gasteiger partial charge in [-0.1, -0.05) is 0 Å². The Hall–Kier alpha value is -0.810. The van der Waals surface area contributed by atoms with Gasteiger partial charge in [-0.3, -0.25) is 4.79 Å². The number of benzene rings is 1. The lowest BCUT2D eigenvalue weighted by molar-refractivity contribution is 0.0429. The minimum atomic E-state index is -0.730. The first-order chi connectivity index (χ1) is 7.99. The van der Waals surface area contributed by atoms with Crippen molar-refractivity contribution < 1.29 is 18.3 Å². The molecular weight excluding hydrogens is 294 g/mol. The smallest absolute Gasteiger partial charge is 0.194 e. The molecule has 0 aromatic heterocycles. The Morgan fingerprint density at radius 2 is 2.06 bits per heavy atom. The third-order valence-corrected chi connectivity index (χ3v) is 3.41. The number of Topliss-reactive ketones (excluding diaryl/α,β-unsaturated/α-hetero) is 1. The van der Waals surface area contributed by atoms with Crippen LogP contribution in [0, 0.1) is 11.6 Å². The monoisotopic (exact) mass is 304 g/mol. The maximum absolute atomic E-state index is 13.6. The van der Waals surface area contributed by atoms with Crippen LogP contribution in [0.15, 0.2) is 16.6 Å². The molecule has 1 heterocycles. The van der Waals surface area contributed by atoms with Gasteiger partial charge in [0.2, 0.25) is 0 Å². The van der Waals surface area contributed by atoms with Crippen molar-refractivity contribution >= 4 is 21.7 Å². The van der Waals surface area contributed by atoms with Crippen LogP contribution in [0.25, 0.3) is 0 Å². The molecule has 1 fully saturated rings. The van der Waals surface area contributed by atoms with E-state index in [9.17, 15) is 13.6 Å². The van der Waals surface area contributed by atoms with Crippen molar-refractivity contribution in [3.05, 3.63) is 33.8 Å². The summed E-state index contributed by atoms with van der Waals surface area (Å²) in [7, 11) is 0. The van der Waals surface area contributed by atoms with Crippen LogP contribution in [0.5, 0.6) is 0 Å². The van der Waals surface area contributed by atoms with Crippen molar-refractivity contribution in [2.75, 3.05) is 0 Å². The summed E-state index contributed by atoms with van der Waals surface area (Å²) in [6.07, 6.45) is 0.654. The van der Waals surface area contributed by atoms with E-state index in [1.54, 1.807) is 0 Å². The Morgan fingerprint density at radius 3 is 2.65 bits per heavy atom. The van der Waals surface area contributed by atoms with E-state index in [0.29, 0.717) is 6.42 Å². The predicted molar refractivity (Wildman–Crippen MR) is 62.0 cm³/mol. The highest BCUT2D eigenvalue weighted by Crippen LogP contribution is 2.26. The Morgan fingerprint density at radius 1 is 1.35 bits per heavy atom. The third-order valence-electron chi connectivity index (χ3n) is 2.80. The molecular formula is C12H11BrF2O2. The number of halogens is 3. The fourth-order valence-electron chi connectivity index (χ4n) is 1.88. The van der Waals surface area contributed by atoms with Crippen LogP contribution in [-0.2, 0) is 4.74 Å². The molecule has 5 heteroatoms. The summed E-state index contributed by atoms with van der Waals surface area (Å²) in [5.41, 5.74) is -0.246. The summed E-state index contributed by atoms with van der Waals surface area (Å²) in [4.78, 5) is 11.9. The molecule has 0 amide bonds. The van der Waals surface area contributed by atoms with Gasteiger partial charge in [0.05, 0.1) is 16.1 Å². The molecule has 1 aliphatic rings. The van der Waals surface area contributed by atoms with Crippen LogP contribution in [0.2, 0.25) is 0 Å². The third kappa shape index (κ3) is 2.55. The van der Waals surface area contributed by atoms with Gasteiger partial charge >= 0.3 is 0 Å². The van der Waals surface area contributed by atoms with E-state index in [-0.39, 0.29) is 16.1 Å². The highest BCUT2D eigenvalue weighted by atomic mass is 79.9. The van der Waals surface area contributed by atoms with Gasteiger partial charge < -0.3 is 4.74 Å². The zero-order valence-corrected chi connectivity index (χ0v) is 10.8. The Bertz CT molecular complexity index is 462. The molecule has 2 rings (SSSR count). The van der Waals surface area contributed by atoms with Gasteiger partial charge in [-0.25, -0.2) is 8.78 Å². The van der Waals surface area contributed by atoms with E-state index in [1.165, 1.54) is 0 Å². The van der Waals surface area contributed by atoms with Gasteiger partial charge in [0.1, 0.15) is 17.7 Å². The lowest BCUT2D eigenvalue weighted by atomic mass is 10.0. The van der Waals surface area contributed by atoms with Gasteiger partial charge in [-0.05, 0) is 47.8 Å². The van der Waals surface area contributed by atoms with E-state index in [2.05, 4.69) is 15.9 Å². The Labute approximate surface area is 106 Å². The molecule has 0 spiro atoms. The van der Waals surface area contributed by atoms with E-state index >= 15 is 0 Å². The van der Waals surface area contributed by atoms with Crippen LogP contribution in [0.3, 0.4) is 0 Å². The number of ketones is 1. The number of carbonyl (C=O) groups is 1. The zero-order chi connectivity index (χ0) is 12.6. The van der Waals surface area contributed by atoms with E-state index in [4.69, 9.17) is 4.74 Å². The largest absolute Gasteiger partial charge is 0.367 e. The molecule has 92 valence electrons. The van der Waals surface area contributed by atoms with Crippen molar-refractivity contribution in [3.8, 4) is 0 Å². The summed E-state index contributed by atoms with van der Waals surface area (Å²) < 4.78 is 32.2. The van der Waals surface area contributed by atoms with Gasteiger partial charge in [0.15, 0.2) is 5.78 Å². The molecule has 2 unspecified atom stereocenters. The molecule has 0 saturated carbocycles. The average Bonchev–Trinajstić information content (AvgIpc) is 2.69. The molecule has 1 saturated heterocycles. The first kappa shape index (κ1) is 12.6. The number of hydrogen-bond donors (Lipinski definition) is 0. The van der Waals surface area contributed by atoms with Crippen molar-refractivity contribution in [1.82, 2.24) is 0 Å². The van der Waals surface area contributed by atoms with Crippen molar-refractivity contribution in [2.45, 2.75) is 32.0 Å². The van der Waals surface area contributed by atoms with Crippen LogP contribution < -0.4 is 0 Å². The van der Waals surface area contributed by atoms with Gasteiger partial charge in [0, 0.05) is 0 Å². The minimum Gasteiger partial charge on any atom is -0.367 e. The molecule has 0 radical (unpaired) electrons. The topological polar surface area (TPSA) is 26.3 Å². The number of carbonyl (C=O) groups excluding carboxylic acids is 1. The Kier molecular flexibility index (Phi) is 3.58. The van der Waals surface area contributed by atoms with Gasteiger partial charge in [-0.15, -0.1) is 0 Å². The van der Waals surface area contributed by atoms with Crippen molar-refractivity contribution in [2.24, 2.45) is 0 Å². The number of hydrogen-bond acceptors (Lipinski definition) is 2. The predicted octanol–water partition coefficient (Wildman–Crippen LogP) is 3.48. The molecule has 17 heavy (non-hydrogen) atoms. The molecule has 1 aromatic carbocycles. The fourth-order valence-corrected chi connectivity index (χ4v) is 2.20. The fraction of sp³-hybridized carbons (Fsp3) is 0.417. The van der Waals surface area contributed by atoms with E-state index in [0.717, 1.165) is 18.6 Å². The summed E-state index contributed by atoms with van der Waals surface area (Å²) in [6, 6.07) is 1.87. The summed E-state index contributed by atoms with van der Waals surface area (Å²) >= 11 is 2.86. The maximum Gasteiger partial charge on any atom is 0.194 e. The van der Waals surface area contributed by atoms with E-state index in [1.807, 2.05) is 6.92 Å². The van der Waals surface area contributed by atoms with Crippen molar-refractivity contribution in [3.63, 3.8) is 0 Å². The molecule has 0 N–H and O–H groups in total. The second-order valence-electron chi connectivity index (χ2n) is 4.12. The zero-order valence-electron chi connectivity index (χ0n) is 9.17. The lowest BCUT2D eigenvalue weighted by Crippen LogP contribution is -2.22. The Balaban J connectivity index is 2.28. The molecule has 0 bridgehead atoms. The second-order valence-corrected chi connectivity index (χ2v) is 4.98. The van der Waals surface area contributed by atoms with Gasteiger partial charge in [-0.2, -0.15) is 0 Å². The van der Waals surface area contributed by atoms with Crippen LogP contribution in [-0.4, -0.2) is 18.0 Å². The quantitative estimate of drug-likeness (QED) is 0.618. The van der Waals surface area contributed by atoms with Crippen LogP contribution in [0.4, 0.5) is 8.78 Å². The van der Waals surface area contributed by atoms with E-state index < -0.39 is 23.5 Å². The SMILES string of the molecule is CC1CCC(C(=O)c2cc(F)c(Br)cc2F)O1. The molecule has 0 aliphatic carbocycles. The minimum absolute atomic E-state index is 0.00672. The normalized spacial score (nSPS) is 24.0. The van der Waals surface area contributed by atoms with Crippen molar-refractivity contribution in [1.29, 1.82) is 0 Å². The second kappa shape index (κ2) is 4.82. The molecule has 1 aliphatic heterocycles. The summed E-state index contributed by atoms with van der Waals surface area (Å²) in [5, 5.41) is 0. The highest BCUT2D eigenvalue weighted by molar-refractivity contribution is 9.10. The number of ether oxygens (including phenoxy) is 1. The van der Waals surface area contributed by atoms with Gasteiger partial charge in [0.25, 0.3) is 0 Å². The summed E-state index contributed by atoms with van der Waals surface area (Å²) in [6.45, 7) is 1.85. The number of rotatable bonds is 2. The highest BCUT2D eigenvalue weighted by Gasteiger charge is 2.30.